The summed E-state index contributed by atoms with van der Waals surface area (Å²) in [5.41, 5.74) is 2.64. The van der Waals surface area contributed by atoms with Crippen molar-refractivity contribution in [1.82, 2.24) is 4.90 Å². The van der Waals surface area contributed by atoms with E-state index in [4.69, 9.17) is 4.74 Å². The van der Waals surface area contributed by atoms with E-state index in [1.165, 1.54) is 6.08 Å². The number of halogens is 2. The average Bonchev–Trinajstić information content (AvgIpc) is 2.85. The van der Waals surface area contributed by atoms with Gasteiger partial charge in [-0.15, -0.1) is 0 Å². The molecule has 1 aliphatic heterocycles. The van der Waals surface area contributed by atoms with Gasteiger partial charge in [0.2, 0.25) is 0 Å². The molecule has 0 saturated carbocycles. The number of aryl methyl sites for hydroxylation is 1. The third kappa shape index (κ3) is 5.23. The second kappa shape index (κ2) is 9.53. The highest BCUT2D eigenvalue weighted by Crippen LogP contribution is 2.27. The highest BCUT2D eigenvalue weighted by molar-refractivity contribution is 14.1. The van der Waals surface area contributed by atoms with Gasteiger partial charge in [-0.25, -0.2) is 4.39 Å². The molecule has 1 saturated heterocycles. The van der Waals surface area contributed by atoms with Crippen molar-refractivity contribution in [2.24, 2.45) is 5.92 Å². The fraction of sp³-hybridized carbons (Fsp3) is 0.522. The van der Waals surface area contributed by atoms with Crippen molar-refractivity contribution in [3.05, 3.63) is 56.4 Å². The number of carbonyl (C=O) groups excluding carboxylic acids is 1. The number of benzene rings is 1. The summed E-state index contributed by atoms with van der Waals surface area (Å²) in [5.74, 6) is 0.277. The van der Waals surface area contributed by atoms with Crippen LogP contribution in [0.25, 0.3) is 0 Å². The number of hydrogen-bond donors (Lipinski definition) is 0. The molecule has 3 atom stereocenters. The minimum Gasteiger partial charge on any atom is -0.373 e. The van der Waals surface area contributed by atoms with Crippen LogP contribution in [0.15, 0.2) is 41.8 Å². The Morgan fingerprint density at radius 3 is 2.86 bits per heavy atom. The molecule has 1 aliphatic carbocycles. The Hall–Kier alpha value is -1.21. The Morgan fingerprint density at radius 1 is 1.32 bits per heavy atom. The predicted octanol–water partition coefficient (Wildman–Crippen LogP) is 5.82. The number of rotatable bonds is 4. The van der Waals surface area contributed by atoms with E-state index in [0.29, 0.717) is 25.5 Å². The van der Waals surface area contributed by atoms with Gasteiger partial charge in [-0.2, -0.15) is 0 Å². The Labute approximate surface area is 181 Å². The van der Waals surface area contributed by atoms with Crippen molar-refractivity contribution in [3.63, 3.8) is 0 Å². The minimum absolute atomic E-state index is 0.0675. The van der Waals surface area contributed by atoms with Gasteiger partial charge in [0.05, 0.1) is 18.3 Å². The highest BCUT2D eigenvalue weighted by Gasteiger charge is 2.29. The largest absolute Gasteiger partial charge is 0.373 e. The number of amides is 1. The first-order chi connectivity index (χ1) is 13.3. The van der Waals surface area contributed by atoms with E-state index in [-0.39, 0.29) is 23.9 Å². The molecule has 0 bridgehead atoms. The summed E-state index contributed by atoms with van der Waals surface area (Å²) in [5, 5.41) is 0. The van der Waals surface area contributed by atoms with Crippen LogP contribution in [-0.2, 0) is 4.74 Å². The Balaban J connectivity index is 1.66. The maximum atomic E-state index is 13.5. The molecule has 1 fully saturated rings. The van der Waals surface area contributed by atoms with Crippen LogP contribution >= 0.6 is 22.6 Å². The molecule has 3 nitrogen and oxygen atoms in total. The molecule has 152 valence electrons. The number of allylic oxidation sites excluding steroid dienone is 2. The van der Waals surface area contributed by atoms with Crippen LogP contribution < -0.4 is 0 Å². The van der Waals surface area contributed by atoms with Crippen molar-refractivity contribution < 1.29 is 13.9 Å². The van der Waals surface area contributed by atoms with E-state index in [1.807, 2.05) is 36.9 Å². The van der Waals surface area contributed by atoms with Crippen molar-refractivity contribution in [3.8, 4) is 0 Å². The van der Waals surface area contributed by atoms with Crippen molar-refractivity contribution in [2.75, 3.05) is 13.2 Å². The molecule has 1 aromatic carbocycles. The quantitative estimate of drug-likeness (QED) is 0.491. The zero-order valence-corrected chi connectivity index (χ0v) is 19.0. The normalized spacial score (nSPS) is 25.8. The lowest BCUT2D eigenvalue weighted by atomic mass is 10.0. The lowest BCUT2D eigenvalue weighted by molar-refractivity contribution is 0.0388. The van der Waals surface area contributed by atoms with Gasteiger partial charge in [-0.1, -0.05) is 24.1 Å². The van der Waals surface area contributed by atoms with E-state index in [9.17, 15) is 9.18 Å². The smallest absolute Gasteiger partial charge is 0.255 e. The van der Waals surface area contributed by atoms with E-state index in [0.717, 1.165) is 39.5 Å². The molecule has 3 rings (SSSR count). The molecule has 28 heavy (non-hydrogen) atoms. The molecule has 0 spiro atoms. The lowest BCUT2D eigenvalue weighted by Crippen LogP contribution is -2.41. The summed E-state index contributed by atoms with van der Waals surface area (Å²) in [6, 6.07) is 6.26. The summed E-state index contributed by atoms with van der Waals surface area (Å²) in [4.78, 5) is 15.3. The first kappa shape index (κ1) is 21.5. The van der Waals surface area contributed by atoms with Gasteiger partial charge >= 0.3 is 0 Å². The molecule has 0 N–H and O–H groups in total. The molecule has 2 aliphatic rings. The first-order valence-electron chi connectivity index (χ1n) is 10.1. The summed E-state index contributed by atoms with van der Waals surface area (Å²) in [6.07, 6.45) is 7.02. The molecule has 0 radical (unpaired) electrons. The second-order valence-electron chi connectivity index (χ2n) is 8.15. The van der Waals surface area contributed by atoms with Crippen LogP contribution in [0.1, 0.15) is 55.5 Å². The first-order valence-corrected chi connectivity index (χ1v) is 11.1. The number of nitrogens with zero attached hydrogens (tertiary/aromatic N) is 1. The number of ether oxygens (including phenoxy) is 1. The Bertz CT molecular complexity index is 789. The lowest BCUT2D eigenvalue weighted by Gasteiger charge is -2.30. The van der Waals surface area contributed by atoms with E-state index >= 15 is 0 Å². The molecule has 5 heteroatoms. The van der Waals surface area contributed by atoms with E-state index in [1.54, 1.807) is 6.08 Å². The Kier molecular flexibility index (Phi) is 7.31. The predicted molar refractivity (Wildman–Crippen MR) is 119 cm³/mol. The topological polar surface area (TPSA) is 29.5 Å². The maximum absolute atomic E-state index is 13.5. The number of likely N-dealkylation sites (tertiary alicyclic amines) is 1. The van der Waals surface area contributed by atoms with Crippen molar-refractivity contribution in [2.45, 2.75) is 58.6 Å². The fourth-order valence-corrected chi connectivity index (χ4v) is 4.53. The monoisotopic (exact) mass is 497 g/mol. The molecule has 1 aromatic rings. The maximum Gasteiger partial charge on any atom is 0.255 e. The highest BCUT2D eigenvalue weighted by atomic mass is 127. The van der Waals surface area contributed by atoms with Crippen molar-refractivity contribution in [1.29, 1.82) is 0 Å². The summed E-state index contributed by atoms with van der Waals surface area (Å²) in [6.45, 7) is 7.29. The molecule has 3 unspecified atom stereocenters. The third-order valence-corrected chi connectivity index (χ3v) is 6.69. The summed E-state index contributed by atoms with van der Waals surface area (Å²) < 4.78 is 20.6. The van der Waals surface area contributed by atoms with Crippen LogP contribution in [0.4, 0.5) is 4.39 Å². The minimum atomic E-state index is -0.146. The van der Waals surface area contributed by atoms with Crippen molar-refractivity contribution >= 4 is 28.5 Å². The zero-order chi connectivity index (χ0) is 20.3. The van der Waals surface area contributed by atoms with Crippen LogP contribution in [0, 0.1) is 16.4 Å². The van der Waals surface area contributed by atoms with Gasteiger partial charge in [-0.3, -0.25) is 4.79 Å². The average molecular weight is 497 g/mol. The van der Waals surface area contributed by atoms with Gasteiger partial charge in [0, 0.05) is 22.6 Å². The van der Waals surface area contributed by atoms with E-state index in [2.05, 4.69) is 29.5 Å². The van der Waals surface area contributed by atoms with Gasteiger partial charge in [0.15, 0.2) is 0 Å². The molecule has 0 aromatic heterocycles. The number of carbonyl (C=O) groups is 1. The molecule has 1 amide bonds. The van der Waals surface area contributed by atoms with Gasteiger partial charge in [0.1, 0.15) is 5.83 Å². The zero-order valence-electron chi connectivity index (χ0n) is 16.9. The Morgan fingerprint density at radius 2 is 2.11 bits per heavy atom. The van der Waals surface area contributed by atoms with Gasteiger partial charge in [0.25, 0.3) is 5.91 Å². The van der Waals surface area contributed by atoms with Gasteiger partial charge in [-0.05, 0) is 85.9 Å². The van der Waals surface area contributed by atoms with Gasteiger partial charge < -0.3 is 9.64 Å². The summed E-state index contributed by atoms with van der Waals surface area (Å²) in [7, 11) is 0. The standard InChI is InChI=1S/C23H29FINO2/c1-15-7-10-22(25)20(11-15)23(27)26-13-18(6-4-5-17(26)3)14-28-19-8-9-21(24)16(2)12-19/h7-11,17-19H,4-6,12-14H2,1-3H3. The van der Waals surface area contributed by atoms with E-state index < -0.39 is 0 Å². The number of hydrogen-bond acceptors (Lipinski definition) is 2. The third-order valence-electron chi connectivity index (χ3n) is 5.75. The molecular formula is C23H29FINO2. The summed E-state index contributed by atoms with van der Waals surface area (Å²) >= 11 is 2.25. The molecular weight excluding hydrogens is 468 g/mol. The van der Waals surface area contributed by atoms with Crippen LogP contribution in [-0.4, -0.2) is 36.1 Å². The fourth-order valence-electron chi connectivity index (χ4n) is 3.96. The van der Waals surface area contributed by atoms with Crippen LogP contribution in [0.5, 0.6) is 0 Å². The SMILES string of the molecule is CC1=C(F)C=CC(OCC2CCCC(C)N(C(=O)c3cc(C)ccc3I)C2)C1. The van der Waals surface area contributed by atoms with Crippen LogP contribution in [0.2, 0.25) is 0 Å². The van der Waals surface area contributed by atoms with Crippen LogP contribution in [0.3, 0.4) is 0 Å². The second-order valence-corrected chi connectivity index (χ2v) is 9.31. The molecule has 1 heterocycles.